The summed E-state index contributed by atoms with van der Waals surface area (Å²) in [6.07, 6.45) is 11.2. The van der Waals surface area contributed by atoms with Crippen molar-refractivity contribution < 1.29 is 14.3 Å². The van der Waals surface area contributed by atoms with E-state index in [2.05, 4.69) is 47.6 Å². The fourth-order valence-electron chi connectivity index (χ4n) is 8.18. The van der Waals surface area contributed by atoms with Gasteiger partial charge in [0.1, 0.15) is 11.4 Å². The molecule has 4 rings (SSSR count). The second kappa shape index (κ2) is 8.18. The van der Waals surface area contributed by atoms with Crippen LogP contribution < -0.4 is 0 Å². The summed E-state index contributed by atoms with van der Waals surface area (Å²) in [6, 6.07) is 0. The minimum Gasteiger partial charge on any atom is -0.364 e. The molecule has 0 bridgehead atoms. The van der Waals surface area contributed by atoms with Crippen molar-refractivity contribution in [3.8, 4) is 0 Å². The number of hydrogen-bond donors (Lipinski definition) is 0. The Hall–Kier alpha value is -1.22. The number of ketones is 2. The Morgan fingerprint density at radius 2 is 1.64 bits per heavy atom. The molecule has 0 N–H and O–H groups in total. The molecule has 0 amide bonds. The summed E-state index contributed by atoms with van der Waals surface area (Å²) >= 11 is 0. The monoisotopic (exact) mass is 454 g/mol. The number of hydrogen-bond acceptors (Lipinski definition) is 3. The molecule has 3 heteroatoms. The predicted octanol–water partition coefficient (Wildman–Crippen LogP) is 7.39. The lowest BCUT2D eigenvalue weighted by Gasteiger charge is -2.52. The standard InChI is InChI=1S/C30H46O3/c1-19-9-13-23-27(3,4)24(31)15-17-29(23,7)21(19)11-12-22-20(2)10-14-26-30(22,8)18-16-25(32)28(5,6)33-26/h13,20,22,26H,9-12,14-18H2,1-8H3/t20-,22-,26+,29-,30+/m0/s1. The van der Waals surface area contributed by atoms with E-state index < -0.39 is 5.60 Å². The quantitative estimate of drug-likeness (QED) is 0.418. The topological polar surface area (TPSA) is 43.4 Å². The van der Waals surface area contributed by atoms with Crippen molar-refractivity contribution in [2.24, 2.45) is 28.1 Å². The molecule has 2 saturated carbocycles. The van der Waals surface area contributed by atoms with Crippen molar-refractivity contribution in [1.82, 2.24) is 0 Å². The van der Waals surface area contributed by atoms with Crippen LogP contribution >= 0.6 is 0 Å². The number of carbonyl (C=O) groups excluding carboxylic acids is 2. The number of Topliss-reactive ketones (excluding diaryl/α,β-unsaturated/α-hetero) is 2. The number of carbonyl (C=O) groups is 2. The molecule has 4 aliphatic rings. The lowest BCUT2D eigenvalue weighted by molar-refractivity contribution is -0.165. The summed E-state index contributed by atoms with van der Waals surface area (Å²) in [6.45, 7) is 17.7. The van der Waals surface area contributed by atoms with Gasteiger partial charge in [0.05, 0.1) is 6.10 Å². The molecule has 0 aromatic carbocycles. The van der Waals surface area contributed by atoms with Gasteiger partial charge in [0.2, 0.25) is 0 Å². The lowest BCUT2D eigenvalue weighted by atomic mass is 9.53. The Kier molecular flexibility index (Phi) is 6.17. The zero-order chi connectivity index (χ0) is 24.4. The predicted molar refractivity (Wildman–Crippen MR) is 134 cm³/mol. The van der Waals surface area contributed by atoms with Crippen molar-refractivity contribution in [2.75, 3.05) is 0 Å². The van der Waals surface area contributed by atoms with Crippen LogP contribution in [0.15, 0.2) is 22.8 Å². The number of ether oxygens (including phenoxy) is 1. The van der Waals surface area contributed by atoms with Crippen LogP contribution in [0.5, 0.6) is 0 Å². The van der Waals surface area contributed by atoms with E-state index in [-0.39, 0.29) is 28.1 Å². The van der Waals surface area contributed by atoms with Gasteiger partial charge in [-0.1, -0.05) is 43.6 Å². The van der Waals surface area contributed by atoms with Crippen LogP contribution in [-0.2, 0) is 14.3 Å². The molecule has 5 atom stereocenters. The zero-order valence-electron chi connectivity index (χ0n) is 22.4. The van der Waals surface area contributed by atoms with Gasteiger partial charge in [-0.2, -0.15) is 0 Å². The molecule has 3 aliphatic carbocycles. The highest BCUT2D eigenvalue weighted by atomic mass is 16.5. The first-order valence-electron chi connectivity index (χ1n) is 13.4. The van der Waals surface area contributed by atoms with Gasteiger partial charge in [-0.25, -0.2) is 0 Å². The Morgan fingerprint density at radius 1 is 0.970 bits per heavy atom. The molecule has 0 aromatic heterocycles. The lowest BCUT2D eigenvalue weighted by Crippen LogP contribution is -2.49. The van der Waals surface area contributed by atoms with Crippen molar-refractivity contribution in [1.29, 1.82) is 0 Å². The van der Waals surface area contributed by atoms with Crippen molar-refractivity contribution in [3.05, 3.63) is 22.8 Å². The second-order valence-electron chi connectivity index (χ2n) is 13.2. The number of fused-ring (bicyclic) bond motifs is 2. The summed E-state index contributed by atoms with van der Waals surface area (Å²) in [5, 5.41) is 0. The summed E-state index contributed by atoms with van der Waals surface area (Å²) in [5.41, 5.74) is 3.49. The maximum atomic E-state index is 12.8. The van der Waals surface area contributed by atoms with Gasteiger partial charge in [0.15, 0.2) is 5.78 Å². The fourth-order valence-corrected chi connectivity index (χ4v) is 8.18. The fraction of sp³-hybridized carbons (Fsp3) is 0.800. The first-order chi connectivity index (χ1) is 15.2. The van der Waals surface area contributed by atoms with Crippen LogP contribution in [0.4, 0.5) is 0 Å². The highest BCUT2D eigenvalue weighted by Gasteiger charge is 2.53. The number of rotatable bonds is 3. The van der Waals surface area contributed by atoms with E-state index in [0.717, 1.165) is 38.5 Å². The molecule has 0 unspecified atom stereocenters. The van der Waals surface area contributed by atoms with Crippen LogP contribution in [0.3, 0.4) is 0 Å². The average Bonchev–Trinajstić information content (AvgIpc) is 2.81. The van der Waals surface area contributed by atoms with Crippen molar-refractivity contribution in [2.45, 2.75) is 125 Å². The maximum absolute atomic E-state index is 12.8. The molecule has 3 fully saturated rings. The largest absolute Gasteiger partial charge is 0.364 e. The molecule has 0 spiro atoms. The van der Waals surface area contributed by atoms with Gasteiger partial charge in [-0.3, -0.25) is 9.59 Å². The van der Waals surface area contributed by atoms with Gasteiger partial charge in [-0.15, -0.1) is 0 Å². The maximum Gasteiger partial charge on any atom is 0.164 e. The molecule has 0 aromatic rings. The third-order valence-electron chi connectivity index (χ3n) is 10.5. The molecular weight excluding hydrogens is 408 g/mol. The zero-order valence-corrected chi connectivity index (χ0v) is 22.4. The molecule has 1 aliphatic heterocycles. The minimum atomic E-state index is -0.663. The Bertz CT molecular complexity index is 904. The molecule has 1 saturated heterocycles. The van der Waals surface area contributed by atoms with Gasteiger partial charge in [0, 0.05) is 23.7 Å². The Labute approximate surface area is 201 Å². The summed E-state index contributed by atoms with van der Waals surface area (Å²) in [4.78, 5) is 25.5. The van der Waals surface area contributed by atoms with E-state index in [1.807, 2.05) is 13.8 Å². The SMILES string of the molecule is CC1=C(CC[C@H]2[C@@H](C)CC[C@H]3OC(C)(C)C(=O)CC[C@@]32C)[C@]2(C)CCC(=O)C(C)(C)C2=CC1. The third kappa shape index (κ3) is 3.91. The second-order valence-corrected chi connectivity index (χ2v) is 13.2. The van der Waals surface area contributed by atoms with Crippen LogP contribution in [0.1, 0.15) is 113 Å². The first-order valence-corrected chi connectivity index (χ1v) is 13.4. The van der Waals surface area contributed by atoms with Gasteiger partial charge >= 0.3 is 0 Å². The molecule has 184 valence electrons. The van der Waals surface area contributed by atoms with Crippen LogP contribution in [0, 0.1) is 28.1 Å². The van der Waals surface area contributed by atoms with Crippen LogP contribution in [-0.4, -0.2) is 23.3 Å². The average molecular weight is 455 g/mol. The van der Waals surface area contributed by atoms with E-state index in [1.54, 1.807) is 5.57 Å². The molecular formula is C30H46O3. The van der Waals surface area contributed by atoms with E-state index in [4.69, 9.17) is 4.74 Å². The van der Waals surface area contributed by atoms with E-state index in [0.29, 0.717) is 30.5 Å². The van der Waals surface area contributed by atoms with Crippen molar-refractivity contribution in [3.63, 3.8) is 0 Å². The third-order valence-corrected chi connectivity index (χ3v) is 10.5. The smallest absolute Gasteiger partial charge is 0.164 e. The van der Waals surface area contributed by atoms with Crippen molar-refractivity contribution >= 4 is 11.6 Å². The van der Waals surface area contributed by atoms with Gasteiger partial charge in [0.25, 0.3) is 0 Å². The van der Waals surface area contributed by atoms with E-state index in [9.17, 15) is 9.59 Å². The summed E-state index contributed by atoms with van der Waals surface area (Å²) in [7, 11) is 0. The van der Waals surface area contributed by atoms with Gasteiger partial charge < -0.3 is 4.74 Å². The Morgan fingerprint density at radius 3 is 2.33 bits per heavy atom. The Balaban J connectivity index is 1.60. The van der Waals surface area contributed by atoms with Crippen LogP contribution in [0.2, 0.25) is 0 Å². The molecule has 1 heterocycles. The van der Waals surface area contributed by atoms with E-state index >= 15 is 0 Å². The molecule has 33 heavy (non-hydrogen) atoms. The highest BCUT2D eigenvalue weighted by Crippen LogP contribution is 2.58. The normalized spacial score (nSPS) is 40.6. The minimum absolute atomic E-state index is 0.00979. The molecule has 0 radical (unpaired) electrons. The summed E-state index contributed by atoms with van der Waals surface area (Å²) in [5.74, 6) is 1.84. The highest BCUT2D eigenvalue weighted by molar-refractivity contribution is 5.89. The molecule has 3 nitrogen and oxygen atoms in total. The van der Waals surface area contributed by atoms with Crippen LogP contribution in [0.25, 0.3) is 0 Å². The summed E-state index contributed by atoms with van der Waals surface area (Å²) < 4.78 is 6.55. The van der Waals surface area contributed by atoms with E-state index in [1.165, 1.54) is 17.6 Å². The van der Waals surface area contributed by atoms with Gasteiger partial charge in [-0.05, 0) is 96.8 Å². The number of allylic oxidation sites excluding steroid dienone is 4. The first kappa shape index (κ1) is 24.9.